The van der Waals surface area contributed by atoms with E-state index in [4.69, 9.17) is 0 Å². The molecule has 1 aromatic carbocycles. The van der Waals surface area contributed by atoms with Crippen molar-refractivity contribution in [2.75, 3.05) is 31.5 Å². The fourth-order valence-electron chi connectivity index (χ4n) is 3.81. The van der Waals surface area contributed by atoms with Gasteiger partial charge in [0.25, 0.3) is 5.91 Å². The van der Waals surface area contributed by atoms with Gasteiger partial charge in [-0.15, -0.1) is 0 Å². The first-order valence-corrected chi connectivity index (χ1v) is 11.2. The molecule has 32 heavy (non-hydrogen) atoms. The summed E-state index contributed by atoms with van der Waals surface area (Å²) >= 11 is 0. The molecule has 2 aromatic rings. The summed E-state index contributed by atoms with van der Waals surface area (Å²) in [5.41, 5.74) is 1.15. The predicted molar refractivity (Wildman–Crippen MR) is 120 cm³/mol. The van der Waals surface area contributed by atoms with E-state index in [0.29, 0.717) is 56.4 Å². The van der Waals surface area contributed by atoms with Crippen LogP contribution in [0.4, 0.5) is 5.69 Å². The summed E-state index contributed by atoms with van der Waals surface area (Å²) in [6.07, 6.45) is 7.63. The van der Waals surface area contributed by atoms with Crippen LogP contribution in [0.5, 0.6) is 0 Å². The van der Waals surface area contributed by atoms with E-state index >= 15 is 0 Å². The Hall–Kier alpha value is -3.20. The Balaban J connectivity index is 1.27. The molecule has 3 amide bonds. The second-order valence-corrected chi connectivity index (χ2v) is 8.47. The Morgan fingerprint density at radius 2 is 1.94 bits per heavy atom. The SMILES string of the molecule is CC(C(=O)NC1CC1)N1CCN(C(=O)c2cccc(NC(=O)CCn3ccnc3)c2)CC1. The van der Waals surface area contributed by atoms with Crippen molar-refractivity contribution in [3.63, 3.8) is 0 Å². The van der Waals surface area contributed by atoms with E-state index in [9.17, 15) is 14.4 Å². The first kappa shape index (κ1) is 22.0. The number of hydrogen-bond donors (Lipinski definition) is 2. The Morgan fingerprint density at radius 1 is 1.16 bits per heavy atom. The summed E-state index contributed by atoms with van der Waals surface area (Å²) in [6.45, 7) is 4.94. The molecular formula is C23H30N6O3. The molecule has 1 aliphatic carbocycles. The van der Waals surface area contributed by atoms with Gasteiger partial charge in [0.1, 0.15) is 0 Å². The minimum Gasteiger partial charge on any atom is -0.352 e. The molecule has 2 fully saturated rings. The normalized spacial score (nSPS) is 17.6. The van der Waals surface area contributed by atoms with Crippen LogP contribution in [0.3, 0.4) is 0 Å². The van der Waals surface area contributed by atoms with Gasteiger partial charge in [-0.2, -0.15) is 0 Å². The van der Waals surface area contributed by atoms with Gasteiger partial charge in [-0.25, -0.2) is 4.98 Å². The second kappa shape index (κ2) is 9.95. The molecular weight excluding hydrogens is 408 g/mol. The number of hydrogen-bond acceptors (Lipinski definition) is 5. The third-order valence-corrected chi connectivity index (χ3v) is 6.00. The molecule has 0 spiro atoms. The van der Waals surface area contributed by atoms with E-state index < -0.39 is 0 Å². The van der Waals surface area contributed by atoms with Crippen molar-refractivity contribution in [2.24, 2.45) is 0 Å². The second-order valence-electron chi connectivity index (χ2n) is 8.47. The van der Waals surface area contributed by atoms with Crippen LogP contribution in [0.1, 0.15) is 36.5 Å². The maximum Gasteiger partial charge on any atom is 0.254 e. The van der Waals surface area contributed by atoms with Gasteiger partial charge in [0.05, 0.1) is 12.4 Å². The Bertz CT molecular complexity index is 948. The number of aryl methyl sites for hydroxylation is 1. The monoisotopic (exact) mass is 438 g/mol. The fourth-order valence-corrected chi connectivity index (χ4v) is 3.81. The van der Waals surface area contributed by atoms with Crippen molar-refractivity contribution in [1.29, 1.82) is 0 Å². The van der Waals surface area contributed by atoms with Crippen LogP contribution >= 0.6 is 0 Å². The van der Waals surface area contributed by atoms with Gasteiger partial charge >= 0.3 is 0 Å². The minimum absolute atomic E-state index is 0.0609. The van der Waals surface area contributed by atoms with Crippen LogP contribution in [0, 0.1) is 0 Å². The molecule has 2 N–H and O–H groups in total. The van der Waals surface area contributed by atoms with E-state index in [1.54, 1.807) is 36.8 Å². The quantitative estimate of drug-likeness (QED) is 0.648. The van der Waals surface area contributed by atoms with Crippen molar-refractivity contribution in [3.8, 4) is 0 Å². The number of rotatable bonds is 8. The Kier molecular flexibility index (Phi) is 6.84. The Labute approximate surface area is 187 Å². The van der Waals surface area contributed by atoms with Crippen LogP contribution in [0.2, 0.25) is 0 Å². The van der Waals surface area contributed by atoms with Gasteiger partial charge in [-0.3, -0.25) is 19.3 Å². The van der Waals surface area contributed by atoms with E-state index in [2.05, 4.69) is 20.5 Å². The van der Waals surface area contributed by atoms with Gasteiger partial charge in [-0.1, -0.05) is 6.07 Å². The van der Waals surface area contributed by atoms with Gasteiger partial charge in [0.2, 0.25) is 11.8 Å². The van der Waals surface area contributed by atoms with Crippen LogP contribution in [-0.2, 0) is 16.1 Å². The maximum absolute atomic E-state index is 13.0. The number of carbonyl (C=O) groups excluding carboxylic acids is 3. The van der Waals surface area contributed by atoms with Gasteiger partial charge in [-0.05, 0) is 38.0 Å². The minimum atomic E-state index is -0.186. The first-order valence-electron chi connectivity index (χ1n) is 11.2. The third kappa shape index (κ3) is 5.73. The lowest BCUT2D eigenvalue weighted by atomic mass is 10.1. The molecule has 1 saturated heterocycles. The zero-order valence-corrected chi connectivity index (χ0v) is 18.4. The average Bonchev–Trinajstić information content (AvgIpc) is 3.46. The van der Waals surface area contributed by atoms with E-state index in [0.717, 1.165) is 12.8 Å². The van der Waals surface area contributed by atoms with E-state index in [-0.39, 0.29) is 23.8 Å². The Morgan fingerprint density at radius 3 is 2.62 bits per heavy atom. The van der Waals surface area contributed by atoms with Crippen molar-refractivity contribution < 1.29 is 14.4 Å². The highest BCUT2D eigenvalue weighted by molar-refractivity contribution is 5.97. The molecule has 0 bridgehead atoms. The zero-order valence-electron chi connectivity index (χ0n) is 18.4. The number of carbonyl (C=O) groups is 3. The lowest BCUT2D eigenvalue weighted by Crippen LogP contribution is -2.55. The summed E-state index contributed by atoms with van der Waals surface area (Å²) in [5.74, 6) is -0.103. The van der Waals surface area contributed by atoms with Crippen molar-refractivity contribution in [2.45, 2.75) is 44.8 Å². The standard InChI is InChI=1S/C23H30N6O3/c1-17(22(31)26-19-5-6-19)28-11-13-29(14-12-28)23(32)18-3-2-4-20(15-18)25-21(30)7-9-27-10-8-24-16-27/h2-4,8,10,15-17,19H,5-7,9,11-14H2,1H3,(H,25,30)(H,26,31). The van der Waals surface area contributed by atoms with Gasteiger partial charge in [0, 0.05) is 68.8 Å². The summed E-state index contributed by atoms with van der Waals surface area (Å²) in [7, 11) is 0. The van der Waals surface area contributed by atoms with Gasteiger partial charge < -0.3 is 20.1 Å². The lowest BCUT2D eigenvalue weighted by Gasteiger charge is -2.37. The van der Waals surface area contributed by atoms with Crippen LogP contribution in [0.25, 0.3) is 0 Å². The molecule has 170 valence electrons. The van der Waals surface area contributed by atoms with Gasteiger partial charge in [0.15, 0.2) is 0 Å². The smallest absolute Gasteiger partial charge is 0.254 e. The first-order chi connectivity index (χ1) is 15.5. The highest BCUT2D eigenvalue weighted by atomic mass is 16.2. The molecule has 0 radical (unpaired) electrons. The number of imidazole rings is 1. The molecule has 2 heterocycles. The summed E-state index contributed by atoms with van der Waals surface area (Å²) in [6, 6.07) is 7.21. The van der Waals surface area contributed by atoms with Crippen molar-refractivity contribution in [3.05, 3.63) is 48.5 Å². The largest absolute Gasteiger partial charge is 0.352 e. The number of anilines is 1. The van der Waals surface area contributed by atoms with Crippen molar-refractivity contribution in [1.82, 2.24) is 24.7 Å². The summed E-state index contributed by atoms with van der Waals surface area (Å²) in [4.78, 5) is 45.4. The number of amides is 3. The summed E-state index contributed by atoms with van der Waals surface area (Å²) in [5, 5.41) is 5.91. The molecule has 1 atom stereocenters. The number of benzene rings is 1. The molecule has 2 aliphatic rings. The third-order valence-electron chi connectivity index (χ3n) is 6.00. The molecule has 1 aliphatic heterocycles. The van der Waals surface area contributed by atoms with Crippen LogP contribution < -0.4 is 10.6 Å². The molecule has 9 heteroatoms. The van der Waals surface area contributed by atoms with Crippen LogP contribution in [0.15, 0.2) is 43.0 Å². The number of piperazine rings is 1. The van der Waals surface area contributed by atoms with E-state index in [1.165, 1.54) is 0 Å². The molecule has 4 rings (SSSR count). The highest BCUT2D eigenvalue weighted by Crippen LogP contribution is 2.20. The van der Waals surface area contributed by atoms with E-state index in [1.807, 2.05) is 22.6 Å². The van der Waals surface area contributed by atoms with Crippen molar-refractivity contribution >= 4 is 23.4 Å². The highest BCUT2D eigenvalue weighted by Gasteiger charge is 2.31. The predicted octanol–water partition coefficient (Wildman–Crippen LogP) is 1.34. The fraction of sp³-hybridized carbons (Fsp3) is 0.478. The molecule has 1 unspecified atom stereocenters. The van der Waals surface area contributed by atoms with Crippen LogP contribution in [-0.4, -0.2) is 75.3 Å². The maximum atomic E-state index is 13.0. The topological polar surface area (TPSA) is 99.6 Å². The molecule has 1 saturated carbocycles. The lowest BCUT2D eigenvalue weighted by molar-refractivity contribution is -0.126. The zero-order chi connectivity index (χ0) is 22.5. The average molecular weight is 439 g/mol. The number of aromatic nitrogens is 2. The number of nitrogens with one attached hydrogen (secondary N) is 2. The number of nitrogens with zero attached hydrogens (tertiary/aromatic N) is 4. The molecule has 9 nitrogen and oxygen atoms in total. The molecule has 1 aromatic heterocycles. The summed E-state index contributed by atoms with van der Waals surface area (Å²) < 4.78 is 1.84.